The van der Waals surface area contributed by atoms with Crippen LogP contribution in [-0.4, -0.2) is 24.3 Å². The van der Waals surface area contributed by atoms with E-state index in [2.05, 4.69) is 9.72 Å². The molecule has 0 saturated carbocycles. The van der Waals surface area contributed by atoms with Gasteiger partial charge in [-0.3, -0.25) is 4.79 Å². The van der Waals surface area contributed by atoms with Crippen LogP contribution < -0.4 is 4.74 Å². The Hall–Kier alpha value is -1.59. The highest BCUT2D eigenvalue weighted by Crippen LogP contribution is 2.16. The molecular weight excluding hydrogens is 199 g/mol. The van der Waals surface area contributed by atoms with E-state index in [0.717, 1.165) is 6.07 Å². The summed E-state index contributed by atoms with van der Waals surface area (Å²) in [5.41, 5.74) is -0.716. The summed E-state index contributed by atoms with van der Waals surface area (Å²) in [5.74, 6) is -2.75. The highest BCUT2D eigenvalue weighted by Gasteiger charge is 2.22. The number of carbonyl (C=O) groups is 1. The lowest BCUT2D eigenvalue weighted by Gasteiger charge is -2.03. The van der Waals surface area contributed by atoms with E-state index in [0.29, 0.717) is 6.20 Å². The smallest absolute Gasteiger partial charge is 0.300 e. The molecule has 3 nitrogen and oxygen atoms in total. The number of halogens is 3. The molecule has 0 aliphatic heterocycles. The molecule has 1 rings (SSSR count). The molecule has 14 heavy (non-hydrogen) atoms. The molecule has 1 aromatic rings. The summed E-state index contributed by atoms with van der Waals surface area (Å²) in [6.45, 7) is 0. The van der Waals surface area contributed by atoms with Crippen LogP contribution in [0.5, 0.6) is 5.88 Å². The summed E-state index contributed by atoms with van der Waals surface area (Å²) in [6, 6.07) is 0.837. The van der Waals surface area contributed by atoms with Crippen molar-refractivity contribution in [1.82, 2.24) is 4.98 Å². The number of alkyl halides is 2. The first-order valence-corrected chi connectivity index (χ1v) is 3.58. The fourth-order valence-corrected chi connectivity index (χ4v) is 0.838. The number of methoxy groups -OCH3 is 1. The molecule has 0 fully saturated rings. The van der Waals surface area contributed by atoms with Crippen LogP contribution in [-0.2, 0) is 0 Å². The molecule has 0 unspecified atom stereocenters. The summed E-state index contributed by atoms with van der Waals surface area (Å²) in [4.78, 5) is 14.2. The first-order chi connectivity index (χ1) is 6.56. The van der Waals surface area contributed by atoms with Gasteiger partial charge < -0.3 is 4.74 Å². The van der Waals surface area contributed by atoms with Gasteiger partial charge in [-0.1, -0.05) is 0 Å². The van der Waals surface area contributed by atoms with Crippen molar-refractivity contribution in [2.75, 3.05) is 7.11 Å². The fraction of sp³-hybridized carbons (Fsp3) is 0.250. The van der Waals surface area contributed by atoms with Gasteiger partial charge in [-0.25, -0.2) is 18.2 Å². The largest absolute Gasteiger partial charge is 0.481 e. The third-order valence-corrected chi connectivity index (χ3v) is 1.50. The topological polar surface area (TPSA) is 39.2 Å². The number of Topliss-reactive ketones (excluding diaryl/α,β-unsaturated/α-hetero) is 1. The Morgan fingerprint density at radius 1 is 1.57 bits per heavy atom. The van der Waals surface area contributed by atoms with Crippen LogP contribution in [0, 0.1) is 5.82 Å². The van der Waals surface area contributed by atoms with Crippen LogP contribution in [0.25, 0.3) is 0 Å². The van der Waals surface area contributed by atoms with Crippen LogP contribution in [0.3, 0.4) is 0 Å². The van der Waals surface area contributed by atoms with Crippen molar-refractivity contribution < 1.29 is 22.7 Å². The molecule has 0 bridgehead atoms. The average Bonchev–Trinajstić information content (AvgIpc) is 2.17. The number of ketones is 1. The van der Waals surface area contributed by atoms with Gasteiger partial charge in [0.05, 0.1) is 18.9 Å². The maximum absolute atomic E-state index is 12.8. The Balaban J connectivity index is 3.12. The lowest BCUT2D eigenvalue weighted by atomic mass is 10.2. The number of carbonyl (C=O) groups excluding carboxylic acids is 1. The number of rotatable bonds is 3. The molecule has 0 amide bonds. The van der Waals surface area contributed by atoms with Gasteiger partial charge in [-0.2, -0.15) is 0 Å². The Morgan fingerprint density at radius 2 is 2.21 bits per heavy atom. The predicted octanol–water partition coefficient (Wildman–Crippen LogP) is 1.68. The van der Waals surface area contributed by atoms with Crippen molar-refractivity contribution in [2.45, 2.75) is 6.43 Å². The molecule has 0 aromatic carbocycles. The SMILES string of the molecule is COc1cc(C(=O)C(F)F)c(F)cn1. The van der Waals surface area contributed by atoms with E-state index < -0.39 is 23.6 Å². The summed E-state index contributed by atoms with van der Waals surface area (Å²) < 4.78 is 41.3. The summed E-state index contributed by atoms with van der Waals surface area (Å²) >= 11 is 0. The second-order valence-electron chi connectivity index (χ2n) is 2.37. The zero-order valence-corrected chi connectivity index (χ0v) is 7.13. The van der Waals surface area contributed by atoms with E-state index in [9.17, 15) is 18.0 Å². The maximum atomic E-state index is 12.8. The summed E-state index contributed by atoms with van der Waals surface area (Å²) in [6.07, 6.45) is -2.58. The Kier molecular flexibility index (Phi) is 3.06. The molecule has 0 saturated heterocycles. The molecule has 0 spiro atoms. The van der Waals surface area contributed by atoms with Crippen molar-refractivity contribution in [3.05, 3.63) is 23.6 Å². The lowest BCUT2D eigenvalue weighted by molar-refractivity contribution is 0.0673. The first-order valence-electron chi connectivity index (χ1n) is 3.58. The van der Waals surface area contributed by atoms with Gasteiger partial charge in [0.1, 0.15) is 0 Å². The average molecular weight is 205 g/mol. The Bertz CT molecular complexity index is 354. The van der Waals surface area contributed by atoms with E-state index in [-0.39, 0.29) is 5.88 Å². The van der Waals surface area contributed by atoms with E-state index in [1.165, 1.54) is 7.11 Å². The number of nitrogens with zero attached hydrogens (tertiary/aromatic N) is 1. The second-order valence-corrected chi connectivity index (χ2v) is 2.37. The minimum absolute atomic E-state index is 0.0876. The Labute approximate surface area is 77.5 Å². The third-order valence-electron chi connectivity index (χ3n) is 1.50. The first kappa shape index (κ1) is 10.5. The van der Waals surface area contributed by atoms with Gasteiger partial charge in [0.15, 0.2) is 5.82 Å². The summed E-state index contributed by atoms with van der Waals surface area (Å²) in [5, 5.41) is 0. The molecule has 76 valence electrons. The van der Waals surface area contributed by atoms with Crippen molar-refractivity contribution in [1.29, 1.82) is 0 Å². The number of hydrogen-bond donors (Lipinski definition) is 0. The zero-order chi connectivity index (χ0) is 10.7. The van der Waals surface area contributed by atoms with E-state index >= 15 is 0 Å². The molecule has 0 atom stereocenters. The molecule has 0 aliphatic rings. The van der Waals surface area contributed by atoms with E-state index in [1.54, 1.807) is 0 Å². The quantitative estimate of drug-likeness (QED) is 0.704. The molecule has 1 heterocycles. The predicted molar refractivity (Wildman–Crippen MR) is 41.1 cm³/mol. The van der Waals surface area contributed by atoms with Gasteiger partial charge >= 0.3 is 6.43 Å². The normalized spacial score (nSPS) is 10.4. The van der Waals surface area contributed by atoms with Gasteiger partial charge in [0.25, 0.3) is 0 Å². The van der Waals surface area contributed by atoms with Gasteiger partial charge in [-0.05, 0) is 0 Å². The van der Waals surface area contributed by atoms with Crippen molar-refractivity contribution >= 4 is 5.78 Å². The van der Waals surface area contributed by atoms with Crippen LogP contribution in [0.15, 0.2) is 12.3 Å². The lowest BCUT2D eigenvalue weighted by Crippen LogP contribution is -2.12. The molecule has 0 radical (unpaired) electrons. The highest BCUT2D eigenvalue weighted by molar-refractivity contribution is 5.98. The van der Waals surface area contributed by atoms with Gasteiger partial charge in [-0.15, -0.1) is 0 Å². The molecule has 6 heteroatoms. The van der Waals surface area contributed by atoms with Crippen LogP contribution in [0.2, 0.25) is 0 Å². The second kappa shape index (κ2) is 4.08. The monoisotopic (exact) mass is 205 g/mol. The highest BCUT2D eigenvalue weighted by atomic mass is 19.3. The Morgan fingerprint density at radius 3 is 2.71 bits per heavy atom. The minimum Gasteiger partial charge on any atom is -0.481 e. The zero-order valence-electron chi connectivity index (χ0n) is 7.13. The number of ether oxygens (including phenoxy) is 1. The third kappa shape index (κ3) is 2.01. The van der Waals surface area contributed by atoms with Crippen LogP contribution >= 0.6 is 0 Å². The number of pyridine rings is 1. The van der Waals surface area contributed by atoms with Gasteiger partial charge in [0.2, 0.25) is 11.7 Å². The van der Waals surface area contributed by atoms with Gasteiger partial charge in [0, 0.05) is 6.07 Å². The summed E-state index contributed by atoms with van der Waals surface area (Å²) in [7, 11) is 1.23. The number of aromatic nitrogens is 1. The molecular formula is C8H6F3NO2. The van der Waals surface area contributed by atoms with Crippen LogP contribution in [0.1, 0.15) is 10.4 Å². The fourth-order valence-electron chi connectivity index (χ4n) is 0.838. The number of hydrogen-bond acceptors (Lipinski definition) is 3. The molecule has 0 aliphatic carbocycles. The van der Waals surface area contributed by atoms with Crippen molar-refractivity contribution in [3.8, 4) is 5.88 Å². The maximum Gasteiger partial charge on any atom is 0.300 e. The van der Waals surface area contributed by atoms with Crippen molar-refractivity contribution in [2.24, 2.45) is 0 Å². The molecule has 0 N–H and O–H groups in total. The van der Waals surface area contributed by atoms with E-state index in [4.69, 9.17) is 0 Å². The molecule has 1 aromatic heterocycles. The van der Waals surface area contributed by atoms with Crippen LogP contribution in [0.4, 0.5) is 13.2 Å². The van der Waals surface area contributed by atoms with E-state index in [1.807, 2.05) is 0 Å². The minimum atomic E-state index is -3.24. The van der Waals surface area contributed by atoms with Crippen molar-refractivity contribution in [3.63, 3.8) is 0 Å². The standard InChI is InChI=1S/C8H6F3NO2/c1-14-6-2-4(5(9)3-12-6)7(13)8(10)11/h2-3,8H,1H3.